The van der Waals surface area contributed by atoms with Gasteiger partial charge in [0.25, 0.3) is 0 Å². The summed E-state index contributed by atoms with van der Waals surface area (Å²) in [7, 11) is 1.88. The van der Waals surface area contributed by atoms with Gasteiger partial charge < -0.3 is 15.7 Å². The number of nitrogens with two attached hydrogens (primary N) is 1. The fraction of sp³-hybridized carbons (Fsp3) is 0.571. The molecular formula is C14H21FN2O. The van der Waals surface area contributed by atoms with Crippen LogP contribution in [0.1, 0.15) is 31.2 Å². The molecule has 1 fully saturated rings. The average molecular weight is 252 g/mol. The highest BCUT2D eigenvalue weighted by Crippen LogP contribution is 2.31. The van der Waals surface area contributed by atoms with Crippen LogP contribution in [0.4, 0.5) is 10.1 Å². The van der Waals surface area contributed by atoms with Gasteiger partial charge in [-0.2, -0.15) is 0 Å². The Morgan fingerprint density at radius 3 is 2.61 bits per heavy atom. The first kappa shape index (κ1) is 13.3. The molecule has 0 aliphatic heterocycles. The molecule has 3 nitrogen and oxygen atoms in total. The number of anilines is 1. The molecule has 0 aromatic heterocycles. The normalized spacial score (nSPS) is 18.0. The van der Waals surface area contributed by atoms with Crippen LogP contribution in [-0.2, 0) is 6.54 Å². The number of likely N-dealkylation sites (N-methyl/N-ethyl adjacent to an activating group) is 1. The van der Waals surface area contributed by atoms with Crippen LogP contribution in [0, 0.1) is 5.82 Å². The summed E-state index contributed by atoms with van der Waals surface area (Å²) in [5.74, 6) is -0.278. The van der Waals surface area contributed by atoms with Crippen LogP contribution in [0.3, 0.4) is 0 Å². The van der Waals surface area contributed by atoms with Gasteiger partial charge in [-0.3, -0.25) is 0 Å². The van der Waals surface area contributed by atoms with E-state index in [4.69, 9.17) is 5.73 Å². The molecule has 1 saturated carbocycles. The summed E-state index contributed by atoms with van der Waals surface area (Å²) in [6.07, 6.45) is 3.82. The van der Waals surface area contributed by atoms with E-state index in [9.17, 15) is 9.50 Å². The molecule has 0 radical (unpaired) electrons. The van der Waals surface area contributed by atoms with E-state index in [-0.39, 0.29) is 12.4 Å². The number of hydrogen-bond donors (Lipinski definition) is 2. The maximum Gasteiger partial charge on any atom is 0.129 e. The predicted molar refractivity (Wildman–Crippen MR) is 71.0 cm³/mol. The smallest absolute Gasteiger partial charge is 0.129 e. The fourth-order valence-corrected chi connectivity index (χ4v) is 2.66. The standard InChI is InChI=1S/C14H21FN2O/c1-17(10-14(18)6-2-3-7-14)12-5-4-11(9-16)13(15)8-12/h4-5,8,18H,2-3,6-7,9-10,16H2,1H3. The zero-order valence-electron chi connectivity index (χ0n) is 10.8. The Morgan fingerprint density at radius 1 is 1.39 bits per heavy atom. The van der Waals surface area contributed by atoms with E-state index < -0.39 is 5.60 Å². The van der Waals surface area contributed by atoms with Gasteiger partial charge >= 0.3 is 0 Å². The lowest BCUT2D eigenvalue weighted by molar-refractivity contribution is 0.0559. The van der Waals surface area contributed by atoms with E-state index in [1.54, 1.807) is 6.07 Å². The van der Waals surface area contributed by atoms with E-state index in [0.29, 0.717) is 12.1 Å². The van der Waals surface area contributed by atoms with Crippen molar-refractivity contribution < 1.29 is 9.50 Å². The van der Waals surface area contributed by atoms with Crippen molar-refractivity contribution in [1.82, 2.24) is 0 Å². The highest BCUT2D eigenvalue weighted by Gasteiger charge is 2.32. The number of hydrogen-bond acceptors (Lipinski definition) is 3. The summed E-state index contributed by atoms with van der Waals surface area (Å²) in [6.45, 7) is 0.758. The van der Waals surface area contributed by atoms with Crippen molar-refractivity contribution in [3.8, 4) is 0 Å². The second kappa shape index (κ2) is 5.24. The number of aliphatic hydroxyl groups is 1. The molecule has 100 valence electrons. The summed E-state index contributed by atoms with van der Waals surface area (Å²) in [5, 5.41) is 10.3. The Hall–Kier alpha value is -1.13. The summed E-state index contributed by atoms with van der Waals surface area (Å²) in [4.78, 5) is 1.91. The molecule has 0 saturated heterocycles. The van der Waals surface area contributed by atoms with E-state index in [1.165, 1.54) is 6.07 Å². The minimum Gasteiger partial charge on any atom is -0.388 e. The first-order chi connectivity index (χ1) is 8.54. The lowest BCUT2D eigenvalue weighted by atomic mass is 10.0. The highest BCUT2D eigenvalue weighted by molar-refractivity contribution is 5.48. The summed E-state index contributed by atoms with van der Waals surface area (Å²) >= 11 is 0. The molecular weight excluding hydrogens is 231 g/mol. The fourth-order valence-electron chi connectivity index (χ4n) is 2.66. The third-order valence-corrected chi connectivity index (χ3v) is 3.76. The van der Waals surface area contributed by atoms with Crippen LogP contribution in [0.25, 0.3) is 0 Å². The van der Waals surface area contributed by atoms with Crippen molar-refractivity contribution in [2.45, 2.75) is 37.8 Å². The van der Waals surface area contributed by atoms with Gasteiger partial charge in [-0.15, -0.1) is 0 Å². The van der Waals surface area contributed by atoms with Crippen molar-refractivity contribution >= 4 is 5.69 Å². The first-order valence-corrected chi connectivity index (χ1v) is 6.46. The molecule has 0 bridgehead atoms. The summed E-state index contributed by atoms with van der Waals surface area (Å²) in [5.41, 5.74) is 6.13. The minimum atomic E-state index is -0.613. The molecule has 0 amide bonds. The van der Waals surface area contributed by atoms with Crippen molar-refractivity contribution in [2.24, 2.45) is 5.73 Å². The SMILES string of the molecule is CN(CC1(O)CCCC1)c1ccc(CN)c(F)c1. The molecule has 0 atom stereocenters. The van der Waals surface area contributed by atoms with Gasteiger partial charge in [0.15, 0.2) is 0 Å². The number of nitrogens with zero attached hydrogens (tertiary/aromatic N) is 1. The molecule has 1 aliphatic carbocycles. The zero-order chi connectivity index (χ0) is 13.2. The van der Waals surface area contributed by atoms with Gasteiger partial charge in [-0.05, 0) is 25.0 Å². The van der Waals surface area contributed by atoms with Crippen molar-refractivity contribution in [3.63, 3.8) is 0 Å². The third kappa shape index (κ3) is 2.82. The lowest BCUT2D eigenvalue weighted by Crippen LogP contribution is -2.39. The highest BCUT2D eigenvalue weighted by atomic mass is 19.1. The molecule has 1 aromatic rings. The van der Waals surface area contributed by atoms with Gasteiger partial charge in [0, 0.05) is 31.4 Å². The summed E-state index contributed by atoms with van der Waals surface area (Å²) in [6, 6.07) is 5.05. The van der Waals surface area contributed by atoms with Gasteiger partial charge in [-0.25, -0.2) is 4.39 Å². The van der Waals surface area contributed by atoms with Crippen LogP contribution in [0.2, 0.25) is 0 Å². The van der Waals surface area contributed by atoms with E-state index in [1.807, 2.05) is 18.0 Å². The molecule has 2 rings (SSSR count). The largest absolute Gasteiger partial charge is 0.388 e. The predicted octanol–water partition coefficient (Wildman–Crippen LogP) is 2.03. The molecule has 18 heavy (non-hydrogen) atoms. The van der Waals surface area contributed by atoms with Gasteiger partial charge in [-0.1, -0.05) is 18.9 Å². The van der Waals surface area contributed by atoms with Crippen LogP contribution in [0.5, 0.6) is 0 Å². The van der Waals surface area contributed by atoms with E-state index in [0.717, 1.165) is 31.4 Å². The second-order valence-electron chi connectivity index (χ2n) is 5.27. The molecule has 3 N–H and O–H groups in total. The number of benzene rings is 1. The average Bonchev–Trinajstić information content (AvgIpc) is 2.75. The molecule has 4 heteroatoms. The summed E-state index contributed by atoms with van der Waals surface area (Å²) < 4.78 is 13.7. The lowest BCUT2D eigenvalue weighted by Gasteiger charge is -2.30. The Balaban J connectivity index is 2.08. The Kier molecular flexibility index (Phi) is 3.88. The quantitative estimate of drug-likeness (QED) is 0.862. The third-order valence-electron chi connectivity index (χ3n) is 3.76. The molecule has 1 aromatic carbocycles. The van der Waals surface area contributed by atoms with E-state index >= 15 is 0 Å². The Labute approximate surface area is 107 Å². The monoisotopic (exact) mass is 252 g/mol. The molecule has 0 unspecified atom stereocenters. The second-order valence-corrected chi connectivity index (χ2v) is 5.27. The van der Waals surface area contributed by atoms with Crippen molar-refractivity contribution in [2.75, 3.05) is 18.5 Å². The minimum absolute atomic E-state index is 0.208. The van der Waals surface area contributed by atoms with Crippen LogP contribution in [-0.4, -0.2) is 24.3 Å². The van der Waals surface area contributed by atoms with Gasteiger partial charge in [0.1, 0.15) is 5.82 Å². The van der Waals surface area contributed by atoms with Crippen LogP contribution in [0.15, 0.2) is 18.2 Å². The zero-order valence-corrected chi connectivity index (χ0v) is 10.8. The Bertz CT molecular complexity index is 416. The molecule has 0 heterocycles. The number of halogens is 1. The maximum absolute atomic E-state index is 13.7. The van der Waals surface area contributed by atoms with E-state index in [2.05, 4.69) is 0 Å². The van der Waals surface area contributed by atoms with Gasteiger partial charge in [0.05, 0.1) is 5.60 Å². The topological polar surface area (TPSA) is 49.5 Å². The maximum atomic E-state index is 13.7. The van der Waals surface area contributed by atoms with Crippen LogP contribution >= 0.6 is 0 Å². The molecule has 1 aliphatic rings. The van der Waals surface area contributed by atoms with Crippen LogP contribution < -0.4 is 10.6 Å². The van der Waals surface area contributed by atoms with Crippen molar-refractivity contribution in [3.05, 3.63) is 29.6 Å². The first-order valence-electron chi connectivity index (χ1n) is 6.46. The van der Waals surface area contributed by atoms with Gasteiger partial charge in [0.2, 0.25) is 0 Å². The van der Waals surface area contributed by atoms with Crippen molar-refractivity contribution in [1.29, 1.82) is 0 Å². The Morgan fingerprint density at radius 2 is 2.06 bits per heavy atom. The molecule has 0 spiro atoms. The number of rotatable bonds is 4.